The van der Waals surface area contributed by atoms with Gasteiger partial charge in [0.25, 0.3) is 0 Å². The largest absolute Gasteiger partial charge is 0.481 e. The molecule has 0 fully saturated rings. The van der Waals surface area contributed by atoms with E-state index in [2.05, 4.69) is 10.3 Å². The van der Waals surface area contributed by atoms with Gasteiger partial charge in [0.1, 0.15) is 5.82 Å². The number of aromatic nitrogens is 1. The fraction of sp³-hybridized carbons (Fsp3) is 0.267. The quantitative estimate of drug-likeness (QED) is 0.675. The first-order valence-corrected chi connectivity index (χ1v) is 6.73. The van der Waals surface area contributed by atoms with Gasteiger partial charge in [0.15, 0.2) is 0 Å². The Morgan fingerprint density at radius 3 is 2.71 bits per heavy atom. The van der Waals surface area contributed by atoms with Crippen molar-refractivity contribution in [3.8, 4) is 0 Å². The average molecular weight is 287 g/mol. The number of carboxylic acid groups (broad SMARTS) is 1. The predicted molar refractivity (Wildman–Crippen MR) is 80.2 cm³/mol. The van der Waals surface area contributed by atoms with Gasteiger partial charge in [-0.15, -0.1) is 0 Å². The fourth-order valence-corrected chi connectivity index (χ4v) is 2.09. The molecule has 0 atom stereocenters. The van der Waals surface area contributed by atoms with Crippen LogP contribution in [0.4, 0.5) is 5.82 Å². The van der Waals surface area contributed by atoms with E-state index in [4.69, 9.17) is 10.8 Å². The molecule has 0 aliphatic rings. The number of para-hydroxylation sites is 1. The van der Waals surface area contributed by atoms with E-state index in [9.17, 15) is 9.59 Å². The van der Waals surface area contributed by atoms with Gasteiger partial charge in [-0.1, -0.05) is 18.2 Å². The van der Waals surface area contributed by atoms with Crippen molar-refractivity contribution in [2.75, 3.05) is 11.9 Å². The number of fused-ring (bicyclic) bond motifs is 1. The van der Waals surface area contributed by atoms with Gasteiger partial charge in [0.2, 0.25) is 5.91 Å². The van der Waals surface area contributed by atoms with Gasteiger partial charge >= 0.3 is 5.97 Å². The number of nitrogens with two attached hydrogens (primary N) is 1. The molecule has 6 heteroatoms. The van der Waals surface area contributed by atoms with Crippen LogP contribution < -0.4 is 11.1 Å². The molecule has 0 radical (unpaired) electrons. The average Bonchev–Trinajstić information content (AvgIpc) is 2.45. The Balaban J connectivity index is 2.10. The minimum Gasteiger partial charge on any atom is -0.481 e. The number of primary amides is 1. The minimum atomic E-state index is -0.796. The van der Waals surface area contributed by atoms with Gasteiger partial charge in [0, 0.05) is 18.4 Å². The molecule has 0 unspecified atom stereocenters. The molecule has 0 aliphatic heterocycles. The molecule has 0 bridgehead atoms. The number of carboxylic acids is 1. The summed E-state index contributed by atoms with van der Waals surface area (Å²) in [5, 5.41) is 12.4. The van der Waals surface area contributed by atoms with Gasteiger partial charge in [0.05, 0.1) is 11.1 Å². The second-order valence-electron chi connectivity index (χ2n) is 4.71. The van der Waals surface area contributed by atoms with Crippen LogP contribution in [-0.2, 0) is 4.79 Å². The van der Waals surface area contributed by atoms with Crippen LogP contribution in [0.15, 0.2) is 30.3 Å². The van der Waals surface area contributed by atoms with Gasteiger partial charge in [-0.2, -0.15) is 0 Å². The molecule has 110 valence electrons. The summed E-state index contributed by atoms with van der Waals surface area (Å²) in [4.78, 5) is 26.3. The summed E-state index contributed by atoms with van der Waals surface area (Å²) in [5.74, 6) is -0.727. The Morgan fingerprint density at radius 1 is 1.24 bits per heavy atom. The van der Waals surface area contributed by atoms with Crippen molar-refractivity contribution in [1.82, 2.24) is 4.98 Å². The SMILES string of the molecule is NC(=O)c1cc(NCCCCC(=O)O)nc2ccccc12. The number of carbonyl (C=O) groups excluding carboxylic acids is 1. The first-order chi connectivity index (χ1) is 10.1. The number of unbranched alkanes of at least 4 members (excludes halogenated alkanes) is 1. The Bertz CT molecular complexity index is 670. The van der Waals surface area contributed by atoms with E-state index in [-0.39, 0.29) is 6.42 Å². The third kappa shape index (κ3) is 3.92. The number of nitrogens with zero attached hydrogens (tertiary/aromatic N) is 1. The lowest BCUT2D eigenvalue weighted by atomic mass is 10.1. The Morgan fingerprint density at radius 2 is 2.00 bits per heavy atom. The highest BCUT2D eigenvalue weighted by Gasteiger charge is 2.09. The molecule has 1 aromatic heterocycles. The smallest absolute Gasteiger partial charge is 0.303 e. The lowest BCUT2D eigenvalue weighted by Gasteiger charge is -2.09. The van der Waals surface area contributed by atoms with E-state index in [1.165, 1.54) is 0 Å². The van der Waals surface area contributed by atoms with Crippen LogP contribution in [0.3, 0.4) is 0 Å². The van der Waals surface area contributed by atoms with E-state index in [0.717, 1.165) is 5.39 Å². The molecule has 0 saturated heterocycles. The normalized spacial score (nSPS) is 10.5. The number of carbonyl (C=O) groups is 2. The Kier molecular flexibility index (Phi) is 4.71. The van der Waals surface area contributed by atoms with Crippen LogP contribution in [0.5, 0.6) is 0 Å². The Hall–Kier alpha value is -2.63. The zero-order chi connectivity index (χ0) is 15.2. The van der Waals surface area contributed by atoms with Crippen LogP contribution >= 0.6 is 0 Å². The number of hydrogen-bond acceptors (Lipinski definition) is 4. The molecule has 2 aromatic rings. The third-order valence-corrected chi connectivity index (χ3v) is 3.11. The maximum atomic E-state index is 11.5. The number of aliphatic carboxylic acids is 1. The molecule has 0 aliphatic carbocycles. The summed E-state index contributed by atoms with van der Waals surface area (Å²) in [6, 6.07) is 8.92. The van der Waals surface area contributed by atoms with Crippen molar-refractivity contribution in [2.45, 2.75) is 19.3 Å². The number of anilines is 1. The molecule has 6 nitrogen and oxygen atoms in total. The molecule has 2 rings (SSSR count). The zero-order valence-electron chi connectivity index (χ0n) is 11.5. The van der Waals surface area contributed by atoms with E-state index in [0.29, 0.717) is 36.3 Å². The second-order valence-corrected chi connectivity index (χ2v) is 4.71. The fourth-order valence-electron chi connectivity index (χ4n) is 2.09. The summed E-state index contributed by atoms with van der Waals surface area (Å²) in [5.41, 5.74) is 6.52. The third-order valence-electron chi connectivity index (χ3n) is 3.11. The standard InChI is InChI=1S/C15H17N3O3/c16-15(21)11-9-13(17-8-4-3-7-14(19)20)18-12-6-2-1-5-10(11)12/h1-2,5-6,9H,3-4,7-8H2,(H2,16,21)(H,17,18)(H,19,20). The highest BCUT2D eigenvalue weighted by Crippen LogP contribution is 2.20. The summed E-state index contributed by atoms with van der Waals surface area (Å²) in [6.45, 7) is 0.594. The molecule has 4 N–H and O–H groups in total. The van der Waals surface area contributed by atoms with Gasteiger partial charge in [-0.3, -0.25) is 9.59 Å². The van der Waals surface area contributed by atoms with Crippen molar-refractivity contribution in [2.24, 2.45) is 5.73 Å². The van der Waals surface area contributed by atoms with Crippen molar-refractivity contribution < 1.29 is 14.7 Å². The number of hydrogen-bond donors (Lipinski definition) is 3. The minimum absolute atomic E-state index is 0.152. The van der Waals surface area contributed by atoms with Crippen molar-refractivity contribution in [1.29, 1.82) is 0 Å². The molecule has 21 heavy (non-hydrogen) atoms. The van der Waals surface area contributed by atoms with Crippen LogP contribution in [-0.4, -0.2) is 28.5 Å². The van der Waals surface area contributed by atoms with Crippen molar-refractivity contribution >= 4 is 28.6 Å². The molecule has 1 amide bonds. The molecule has 0 spiro atoms. The van der Waals surface area contributed by atoms with Gasteiger partial charge in [-0.25, -0.2) is 4.98 Å². The second kappa shape index (κ2) is 6.69. The number of rotatable bonds is 7. The predicted octanol–water partition coefficient (Wildman–Crippen LogP) is 2.00. The van der Waals surface area contributed by atoms with Gasteiger partial charge in [-0.05, 0) is 25.0 Å². The lowest BCUT2D eigenvalue weighted by molar-refractivity contribution is -0.137. The summed E-state index contributed by atoms with van der Waals surface area (Å²) in [6.07, 6.45) is 1.46. The molecular formula is C15H17N3O3. The number of amides is 1. The number of pyridine rings is 1. The first kappa shape index (κ1) is 14.8. The summed E-state index contributed by atoms with van der Waals surface area (Å²) >= 11 is 0. The van der Waals surface area contributed by atoms with E-state index >= 15 is 0 Å². The van der Waals surface area contributed by atoms with Crippen molar-refractivity contribution in [3.05, 3.63) is 35.9 Å². The molecule has 1 heterocycles. The van der Waals surface area contributed by atoms with E-state index in [1.54, 1.807) is 12.1 Å². The summed E-state index contributed by atoms with van der Waals surface area (Å²) in [7, 11) is 0. The highest BCUT2D eigenvalue weighted by atomic mass is 16.4. The maximum absolute atomic E-state index is 11.5. The van der Waals surface area contributed by atoms with E-state index in [1.807, 2.05) is 18.2 Å². The zero-order valence-corrected chi connectivity index (χ0v) is 11.5. The topological polar surface area (TPSA) is 105 Å². The van der Waals surface area contributed by atoms with Crippen LogP contribution in [0, 0.1) is 0 Å². The molecule has 0 saturated carbocycles. The molecule has 1 aromatic carbocycles. The van der Waals surface area contributed by atoms with Crippen LogP contribution in [0.2, 0.25) is 0 Å². The summed E-state index contributed by atoms with van der Waals surface area (Å²) < 4.78 is 0. The van der Waals surface area contributed by atoms with Crippen LogP contribution in [0.25, 0.3) is 10.9 Å². The number of nitrogens with one attached hydrogen (secondary N) is 1. The van der Waals surface area contributed by atoms with Crippen LogP contribution in [0.1, 0.15) is 29.6 Å². The monoisotopic (exact) mass is 287 g/mol. The Labute approximate surface area is 122 Å². The van der Waals surface area contributed by atoms with E-state index < -0.39 is 11.9 Å². The first-order valence-electron chi connectivity index (χ1n) is 6.73. The lowest BCUT2D eigenvalue weighted by Crippen LogP contribution is -2.13. The van der Waals surface area contributed by atoms with Gasteiger partial charge < -0.3 is 16.2 Å². The maximum Gasteiger partial charge on any atom is 0.303 e. The molecular weight excluding hydrogens is 270 g/mol. The van der Waals surface area contributed by atoms with Crippen molar-refractivity contribution in [3.63, 3.8) is 0 Å². The number of benzene rings is 1. The highest BCUT2D eigenvalue weighted by molar-refractivity contribution is 6.06.